The summed E-state index contributed by atoms with van der Waals surface area (Å²) < 4.78 is 12.2. The average molecular weight is 371 g/mol. The number of rotatable bonds is 6. The van der Waals surface area contributed by atoms with E-state index in [-0.39, 0.29) is 11.6 Å². The van der Waals surface area contributed by atoms with E-state index in [0.29, 0.717) is 17.6 Å². The standard InChI is InChI=1S/C24H34O3/c1-6-7-8-9-10-18-14-21(26-17(3)25)23-19-13-16(2)11-12-20(19)24(4,5)27-22(23)15-18/h11,14-15,19-20H,6-10,12-13H2,1-5H3. The van der Waals surface area contributed by atoms with Gasteiger partial charge in [0.2, 0.25) is 0 Å². The molecule has 0 saturated carbocycles. The minimum atomic E-state index is -0.259. The Morgan fingerprint density at radius 1 is 1.26 bits per heavy atom. The van der Waals surface area contributed by atoms with Crippen LogP contribution in [-0.4, -0.2) is 11.6 Å². The third-order valence-electron chi connectivity index (χ3n) is 6.12. The van der Waals surface area contributed by atoms with Crippen LogP contribution in [0.4, 0.5) is 0 Å². The van der Waals surface area contributed by atoms with E-state index >= 15 is 0 Å². The van der Waals surface area contributed by atoms with E-state index in [1.54, 1.807) is 0 Å². The smallest absolute Gasteiger partial charge is 0.308 e. The third-order valence-corrected chi connectivity index (χ3v) is 6.12. The van der Waals surface area contributed by atoms with Crippen molar-refractivity contribution in [1.29, 1.82) is 0 Å². The number of aryl methyl sites for hydroxylation is 1. The van der Waals surface area contributed by atoms with Crippen molar-refractivity contribution in [3.63, 3.8) is 0 Å². The number of allylic oxidation sites excluding steroid dienone is 2. The highest BCUT2D eigenvalue weighted by Gasteiger charge is 2.46. The summed E-state index contributed by atoms with van der Waals surface area (Å²) in [6.07, 6.45) is 10.2. The zero-order valence-corrected chi connectivity index (χ0v) is 17.6. The van der Waals surface area contributed by atoms with Gasteiger partial charge in [-0.3, -0.25) is 4.79 Å². The van der Waals surface area contributed by atoms with E-state index < -0.39 is 0 Å². The molecule has 1 heterocycles. The molecule has 2 atom stereocenters. The van der Waals surface area contributed by atoms with Crippen LogP contribution in [0.25, 0.3) is 0 Å². The van der Waals surface area contributed by atoms with Crippen molar-refractivity contribution in [3.05, 3.63) is 34.9 Å². The van der Waals surface area contributed by atoms with Crippen molar-refractivity contribution in [2.45, 2.75) is 91.1 Å². The molecule has 0 N–H and O–H groups in total. The summed E-state index contributed by atoms with van der Waals surface area (Å²) in [6.45, 7) is 10.3. The lowest BCUT2D eigenvalue weighted by molar-refractivity contribution is -0.132. The van der Waals surface area contributed by atoms with Gasteiger partial charge in [-0.15, -0.1) is 0 Å². The van der Waals surface area contributed by atoms with Gasteiger partial charge < -0.3 is 9.47 Å². The maximum Gasteiger partial charge on any atom is 0.308 e. The van der Waals surface area contributed by atoms with Crippen molar-refractivity contribution in [2.75, 3.05) is 0 Å². The first kappa shape index (κ1) is 20.0. The molecular weight excluding hydrogens is 336 g/mol. The van der Waals surface area contributed by atoms with Gasteiger partial charge in [-0.1, -0.05) is 37.8 Å². The average Bonchev–Trinajstić information content (AvgIpc) is 2.57. The molecule has 148 valence electrons. The van der Waals surface area contributed by atoms with E-state index in [2.05, 4.69) is 45.9 Å². The normalized spacial score (nSPS) is 22.9. The van der Waals surface area contributed by atoms with Crippen LogP contribution in [0, 0.1) is 5.92 Å². The number of hydrogen-bond acceptors (Lipinski definition) is 3. The number of carbonyl (C=O) groups is 1. The van der Waals surface area contributed by atoms with Crippen LogP contribution in [0.2, 0.25) is 0 Å². The van der Waals surface area contributed by atoms with Gasteiger partial charge in [-0.05, 0) is 64.2 Å². The predicted octanol–water partition coefficient (Wildman–Crippen LogP) is 6.35. The maximum absolute atomic E-state index is 11.8. The van der Waals surface area contributed by atoms with Crippen LogP contribution in [0.1, 0.15) is 90.2 Å². The van der Waals surface area contributed by atoms with Gasteiger partial charge in [0.15, 0.2) is 0 Å². The van der Waals surface area contributed by atoms with Crippen molar-refractivity contribution < 1.29 is 14.3 Å². The molecule has 0 aromatic heterocycles. The fraction of sp³-hybridized carbons (Fsp3) is 0.625. The number of ether oxygens (including phenoxy) is 2. The zero-order valence-electron chi connectivity index (χ0n) is 17.6. The summed E-state index contributed by atoms with van der Waals surface area (Å²) in [5, 5.41) is 0. The predicted molar refractivity (Wildman–Crippen MR) is 110 cm³/mol. The first-order valence-corrected chi connectivity index (χ1v) is 10.5. The van der Waals surface area contributed by atoms with E-state index in [4.69, 9.17) is 9.47 Å². The highest BCUT2D eigenvalue weighted by molar-refractivity contribution is 5.71. The molecule has 3 nitrogen and oxygen atoms in total. The molecule has 27 heavy (non-hydrogen) atoms. The van der Waals surface area contributed by atoms with Crippen molar-refractivity contribution in [2.24, 2.45) is 5.92 Å². The Labute approximate surface area is 164 Å². The molecule has 0 radical (unpaired) electrons. The molecule has 0 spiro atoms. The van der Waals surface area contributed by atoms with Crippen LogP contribution in [0.3, 0.4) is 0 Å². The Balaban J connectivity index is 1.99. The summed E-state index contributed by atoms with van der Waals surface area (Å²) in [5.41, 5.74) is 3.50. The maximum atomic E-state index is 11.8. The van der Waals surface area contributed by atoms with Crippen LogP contribution in [0.15, 0.2) is 23.8 Å². The molecule has 0 saturated heterocycles. The number of esters is 1. The van der Waals surface area contributed by atoms with Gasteiger partial charge in [0, 0.05) is 24.3 Å². The Morgan fingerprint density at radius 3 is 2.74 bits per heavy atom. The minimum Gasteiger partial charge on any atom is -0.487 e. The third kappa shape index (κ3) is 4.39. The Hall–Kier alpha value is -1.77. The second kappa shape index (κ2) is 8.08. The van der Waals surface area contributed by atoms with Crippen LogP contribution in [-0.2, 0) is 11.2 Å². The summed E-state index contributed by atoms with van der Waals surface area (Å²) in [4.78, 5) is 11.8. The monoisotopic (exact) mass is 370 g/mol. The molecule has 1 aromatic rings. The molecule has 1 aliphatic carbocycles. The van der Waals surface area contributed by atoms with E-state index in [9.17, 15) is 4.79 Å². The summed E-state index contributed by atoms with van der Waals surface area (Å²) in [6, 6.07) is 4.28. The van der Waals surface area contributed by atoms with Crippen LogP contribution >= 0.6 is 0 Å². The van der Waals surface area contributed by atoms with Crippen LogP contribution < -0.4 is 9.47 Å². The van der Waals surface area contributed by atoms with Gasteiger partial charge in [0.05, 0.1) is 0 Å². The van der Waals surface area contributed by atoms with Gasteiger partial charge in [-0.25, -0.2) is 0 Å². The zero-order chi connectivity index (χ0) is 19.6. The molecule has 0 fully saturated rings. The van der Waals surface area contributed by atoms with Crippen LogP contribution in [0.5, 0.6) is 11.5 Å². The quantitative estimate of drug-likeness (QED) is 0.253. The lowest BCUT2D eigenvalue weighted by Gasteiger charge is -2.47. The van der Waals surface area contributed by atoms with Crippen molar-refractivity contribution in [1.82, 2.24) is 0 Å². The molecule has 2 aliphatic rings. The van der Waals surface area contributed by atoms with E-state index in [0.717, 1.165) is 37.0 Å². The fourth-order valence-electron chi connectivity index (χ4n) is 4.74. The Bertz CT molecular complexity index is 729. The first-order valence-electron chi connectivity index (χ1n) is 10.5. The number of benzene rings is 1. The lowest BCUT2D eigenvalue weighted by atomic mass is 9.67. The topological polar surface area (TPSA) is 35.5 Å². The van der Waals surface area contributed by atoms with Crippen molar-refractivity contribution >= 4 is 5.97 Å². The molecule has 2 unspecified atom stereocenters. The second-order valence-corrected chi connectivity index (χ2v) is 8.82. The molecular formula is C24H34O3. The molecule has 1 aromatic carbocycles. The molecule has 3 rings (SSSR count). The largest absolute Gasteiger partial charge is 0.487 e. The number of unbranched alkanes of at least 4 members (excludes halogenated alkanes) is 3. The molecule has 0 amide bonds. The first-order chi connectivity index (χ1) is 12.8. The molecule has 0 bridgehead atoms. The molecule has 3 heteroatoms. The number of carbonyl (C=O) groups excluding carboxylic acids is 1. The van der Waals surface area contributed by atoms with Gasteiger partial charge in [0.1, 0.15) is 17.1 Å². The van der Waals surface area contributed by atoms with Gasteiger partial charge in [-0.2, -0.15) is 0 Å². The number of fused-ring (bicyclic) bond motifs is 3. The summed E-state index contributed by atoms with van der Waals surface area (Å²) in [5.74, 6) is 2.12. The van der Waals surface area contributed by atoms with Gasteiger partial charge in [0.25, 0.3) is 0 Å². The summed E-state index contributed by atoms with van der Waals surface area (Å²) >= 11 is 0. The second-order valence-electron chi connectivity index (χ2n) is 8.82. The molecule has 1 aliphatic heterocycles. The SMILES string of the molecule is CCCCCCc1cc(OC(C)=O)c2c(c1)OC(C)(C)C1CC=C(C)CC21. The van der Waals surface area contributed by atoms with E-state index in [1.807, 2.05) is 0 Å². The summed E-state index contributed by atoms with van der Waals surface area (Å²) in [7, 11) is 0. The Kier molecular flexibility index (Phi) is 5.98. The minimum absolute atomic E-state index is 0.219. The highest BCUT2D eigenvalue weighted by Crippen LogP contribution is 2.54. The van der Waals surface area contributed by atoms with Crippen molar-refractivity contribution in [3.8, 4) is 11.5 Å². The fourth-order valence-corrected chi connectivity index (χ4v) is 4.74. The lowest BCUT2D eigenvalue weighted by Crippen LogP contribution is -2.45. The Morgan fingerprint density at radius 2 is 2.04 bits per heavy atom. The van der Waals surface area contributed by atoms with E-state index in [1.165, 1.54) is 37.3 Å². The number of hydrogen-bond donors (Lipinski definition) is 0. The highest BCUT2D eigenvalue weighted by atomic mass is 16.5. The van der Waals surface area contributed by atoms with Gasteiger partial charge >= 0.3 is 5.97 Å².